The lowest BCUT2D eigenvalue weighted by Crippen LogP contribution is -2.51. The van der Waals surface area contributed by atoms with Crippen LogP contribution < -0.4 is 14.8 Å². The highest BCUT2D eigenvalue weighted by Gasteiger charge is 2.25. The summed E-state index contributed by atoms with van der Waals surface area (Å²) in [6.07, 6.45) is 1.92. The van der Waals surface area contributed by atoms with Crippen molar-refractivity contribution in [3.63, 3.8) is 0 Å². The highest BCUT2D eigenvalue weighted by Crippen LogP contribution is 2.27. The van der Waals surface area contributed by atoms with E-state index in [0.29, 0.717) is 19.6 Å². The van der Waals surface area contributed by atoms with Crippen LogP contribution in [0.2, 0.25) is 0 Å². The normalized spacial score (nSPS) is 20.6. The molecule has 0 radical (unpaired) electrons. The van der Waals surface area contributed by atoms with Crippen LogP contribution in [-0.2, 0) is 11.2 Å². The summed E-state index contributed by atoms with van der Waals surface area (Å²) in [7, 11) is 3.26. The molecule has 1 aromatic rings. The Morgan fingerprint density at radius 3 is 2.50 bits per heavy atom. The van der Waals surface area contributed by atoms with E-state index >= 15 is 0 Å². The van der Waals surface area contributed by atoms with Crippen LogP contribution in [0.5, 0.6) is 11.5 Å². The zero-order chi connectivity index (χ0) is 17.5. The summed E-state index contributed by atoms with van der Waals surface area (Å²) < 4.78 is 16.2. The van der Waals surface area contributed by atoms with E-state index in [1.54, 1.807) is 14.2 Å². The molecule has 0 bridgehead atoms. The standard InChI is InChI=1S/C18H28N2O4/c1-13-11-20(12-14(2)24-13)18(21)19-9-5-6-15-7-8-16(22-3)17(10-15)23-4/h7-8,10,13-14H,5-6,9,11-12H2,1-4H3,(H,19,21)/t13-,14-/m1/s1. The second-order valence-corrected chi connectivity index (χ2v) is 6.19. The Hall–Kier alpha value is -1.95. The maximum absolute atomic E-state index is 12.2. The molecule has 1 aliphatic heterocycles. The Morgan fingerprint density at radius 2 is 1.88 bits per heavy atom. The molecule has 0 unspecified atom stereocenters. The first-order valence-electron chi connectivity index (χ1n) is 8.42. The Kier molecular flexibility index (Phi) is 6.73. The molecule has 2 amide bonds. The fourth-order valence-electron chi connectivity index (χ4n) is 2.98. The number of carbonyl (C=O) groups excluding carboxylic acids is 1. The van der Waals surface area contributed by atoms with Crippen LogP contribution in [0, 0.1) is 0 Å². The first-order valence-corrected chi connectivity index (χ1v) is 8.42. The molecule has 0 aromatic heterocycles. The molecule has 1 heterocycles. The smallest absolute Gasteiger partial charge is 0.317 e. The molecule has 0 spiro atoms. The molecule has 24 heavy (non-hydrogen) atoms. The van der Waals surface area contributed by atoms with Gasteiger partial charge in [0.15, 0.2) is 11.5 Å². The van der Waals surface area contributed by atoms with Gasteiger partial charge in [-0.2, -0.15) is 0 Å². The van der Waals surface area contributed by atoms with Crippen molar-refractivity contribution in [3.8, 4) is 11.5 Å². The number of nitrogens with zero attached hydrogens (tertiary/aromatic N) is 1. The van der Waals surface area contributed by atoms with Crippen LogP contribution in [-0.4, -0.2) is 57.0 Å². The molecular formula is C18H28N2O4. The number of urea groups is 1. The minimum Gasteiger partial charge on any atom is -0.493 e. The summed E-state index contributed by atoms with van der Waals surface area (Å²) in [5, 5.41) is 2.99. The monoisotopic (exact) mass is 336 g/mol. The van der Waals surface area contributed by atoms with Crippen molar-refractivity contribution < 1.29 is 19.0 Å². The third kappa shape index (κ3) is 5.03. The van der Waals surface area contributed by atoms with Gasteiger partial charge in [-0.1, -0.05) is 6.07 Å². The molecule has 6 nitrogen and oxygen atoms in total. The number of benzene rings is 1. The predicted octanol–water partition coefficient (Wildman–Crippen LogP) is 2.46. The van der Waals surface area contributed by atoms with E-state index in [9.17, 15) is 4.79 Å². The van der Waals surface area contributed by atoms with Gasteiger partial charge in [0.1, 0.15) is 0 Å². The summed E-state index contributed by atoms with van der Waals surface area (Å²) in [4.78, 5) is 14.0. The number of amides is 2. The number of rotatable bonds is 6. The SMILES string of the molecule is COc1ccc(CCCNC(=O)N2C[C@@H](C)O[C@H](C)C2)cc1OC. The molecule has 2 rings (SSSR count). The summed E-state index contributed by atoms with van der Waals surface area (Å²) in [6, 6.07) is 5.90. The van der Waals surface area contributed by atoms with Gasteiger partial charge in [-0.25, -0.2) is 4.79 Å². The fourth-order valence-corrected chi connectivity index (χ4v) is 2.98. The van der Waals surface area contributed by atoms with Crippen molar-refractivity contribution in [1.29, 1.82) is 0 Å². The van der Waals surface area contributed by atoms with E-state index in [-0.39, 0.29) is 18.2 Å². The molecule has 1 aliphatic rings. The molecule has 1 saturated heterocycles. The van der Waals surface area contributed by atoms with Gasteiger partial charge in [-0.15, -0.1) is 0 Å². The minimum absolute atomic E-state index is 0.00990. The first kappa shape index (κ1) is 18.4. The number of hydrogen-bond acceptors (Lipinski definition) is 4. The molecule has 1 N–H and O–H groups in total. The third-order valence-electron chi connectivity index (χ3n) is 4.07. The quantitative estimate of drug-likeness (QED) is 0.811. The van der Waals surface area contributed by atoms with Gasteiger partial charge in [0.25, 0.3) is 0 Å². The number of aryl methyl sites for hydroxylation is 1. The molecule has 0 saturated carbocycles. The maximum atomic E-state index is 12.2. The third-order valence-corrected chi connectivity index (χ3v) is 4.07. The van der Waals surface area contributed by atoms with Crippen LogP contribution in [0.25, 0.3) is 0 Å². The zero-order valence-corrected chi connectivity index (χ0v) is 15.0. The Morgan fingerprint density at radius 1 is 1.21 bits per heavy atom. The summed E-state index contributed by atoms with van der Waals surface area (Å²) in [5.74, 6) is 1.46. The average Bonchev–Trinajstić information content (AvgIpc) is 2.57. The van der Waals surface area contributed by atoms with Gasteiger partial charge in [0, 0.05) is 19.6 Å². The summed E-state index contributed by atoms with van der Waals surface area (Å²) in [5.41, 5.74) is 1.16. The molecule has 1 fully saturated rings. The molecular weight excluding hydrogens is 308 g/mol. The second-order valence-electron chi connectivity index (χ2n) is 6.19. The van der Waals surface area contributed by atoms with Gasteiger partial charge in [0.05, 0.1) is 26.4 Å². The highest BCUT2D eigenvalue weighted by atomic mass is 16.5. The molecule has 134 valence electrons. The number of hydrogen-bond donors (Lipinski definition) is 1. The van der Waals surface area contributed by atoms with E-state index in [2.05, 4.69) is 5.32 Å². The average molecular weight is 336 g/mol. The maximum Gasteiger partial charge on any atom is 0.317 e. The van der Waals surface area contributed by atoms with Crippen LogP contribution in [0.4, 0.5) is 4.79 Å². The van der Waals surface area contributed by atoms with Crippen LogP contribution in [0.15, 0.2) is 18.2 Å². The van der Waals surface area contributed by atoms with E-state index in [1.165, 1.54) is 0 Å². The summed E-state index contributed by atoms with van der Waals surface area (Å²) in [6.45, 7) is 5.92. The van der Waals surface area contributed by atoms with Crippen LogP contribution >= 0.6 is 0 Å². The molecule has 1 aromatic carbocycles. The van der Waals surface area contributed by atoms with E-state index < -0.39 is 0 Å². The van der Waals surface area contributed by atoms with Gasteiger partial charge >= 0.3 is 6.03 Å². The van der Waals surface area contributed by atoms with Crippen molar-refractivity contribution in [2.45, 2.75) is 38.9 Å². The fraction of sp³-hybridized carbons (Fsp3) is 0.611. The number of morpholine rings is 1. The molecule has 6 heteroatoms. The van der Waals surface area contributed by atoms with Crippen molar-refractivity contribution >= 4 is 6.03 Å². The lowest BCUT2D eigenvalue weighted by atomic mass is 10.1. The van der Waals surface area contributed by atoms with Gasteiger partial charge < -0.3 is 24.4 Å². The zero-order valence-electron chi connectivity index (χ0n) is 15.0. The van der Waals surface area contributed by atoms with E-state index in [1.807, 2.05) is 36.9 Å². The van der Waals surface area contributed by atoms with Crippen molar-refractivity contribution in [2.24, 2.45) is 0 Å². The van der Waals surface area contributed by atoms with Gasteiger partial charge in [0.2, 0.25) is 0 Å². The van der Waals surface area contributed by atoms with Crippen molar-refractivity contribution in [3.05, 3.63) is 23.8 Å². The van der Waals surface area contributed by atoms with Crippen molar-refractivity contribution in [2.75, 3.05) is 33.9 Å². The lowest BCUT2D eigenvalue weighted by molar-refractivity contribution is -0.0545. The van der Waals surface area contributed by atoms with Crippen LogP contribution in [0.3, 0.4) is 0 Å². The first-order chi connectivity index (χ1) is 11.5. The topological polar surface area (TPSA) is 60.0 Å². The predicted molar refractivity (Wildman–Crippen MR) is 92.8 cm³/mol. The van der Waals surface area contributed by atoms with E-state index in [4.69, 9.17) is 14.2 Å². The Balaban J connectivity index is 1.75. The number of nitrogens with one attached hydrogen (secondary N) is 1. The lowest BCUT2D eigenvalue weighted by Gasteiger charge is -2.35. The van der Waals surface area contributed by atoms with E-state index in [0.717, 1.165) is 29.9 Å². The van der Waals surface area contributed by atoms with Crippen molar-refractivity contribution in [1.82, 2.24) is 10.2 Å². The largest absolute Gasteiger partial charge is 0.493 e. The van der Waals surface area contributed by atoms with Gasteiger partial charge in [-0.3, -0.25) is 0 Å². The van der Waals surface area contributed by atoms with Gasteiger partial charge in [-0.05, 0) is 44.4 Å². The second kappa shape index (κ2) is 8.78. The minimum atomic E-state index is -0.00990. The highest BCUT2D eigenvalue weighted by molar-refractivity contribution is 5.74. The Bertz CT molecular complexity index is 540. The summed E-state index contributed by atoms with van der Waals surface area (Å²) >= 11 is 0. The molecule has 2 atom stereocenters. The molecule has 0 aliphatic carbocycles. The number of carbonyl (C=O) groups is 1. The Labute approximate surface area is 144 Å². The van der Waals surface area contributed by atoms with Crippen LogP contribution in [0.1, 0.15) is 25.8 Å². The number of ether oxygens (including phenoxy) is 3. The number of methoxy groups -OCH3 is 2.